The van der Waals surface area contributed by atoms with E-state index in [1.54, 1.807) is 17.6 Å². The Bertz CT molecular complexity index is 873. The van der Waals surface area contributed by atoms with Crippen LogP contribution in [0.15, 0.2) is 45.9 Å². The second-order valence-corrected chi connectivity index (χ2v) is 7.70. The van der Waals surface area contributed by atoms with Crippen molar-refractivity contribution in [3.8, 4) is 0 Å². The fraction of sp³-hybridized carbons (Fsp3) is 0.421. The van der Waals surface area contributed by atoms with Crippen molar-refractivity contribution in [2.24, 2.45) is 5.73 Å². The van der Waals surface area contributed by atoms with Crippen LogP contribution >= 0.6 is 11.8 Å². The zero-order valence-corrected chi connectivity index (χ0v) is 15.2. The number of carbonyl (C=O) groups excluding carboxylic acids is 1. The number of aromatic nitrogens is 2. The van der Waals surface area contributed by atoms with E-state index in [9.17, 15) is 9.59 Å². The minimum atomic E-state index is -0.437. The van der Waals surface area contributed by atoms with Crippen LogP contribution in [0.25, 0.3) is 10.9 Å². The van der Waals surface area contributed by atoms with Crippen LogP contribution in [0.4, 0.5) is 0 Å². The number of benzene rings is 1. The van der Waals surface area contributed by atoms with Crippen LogP contribution in [-0.2, 0) is 11.3 Å². The highest BCUT2D eigenvalue weighted by molar-refractivity contribution is 8.00. The van der Waals surface area contributed by atoms with Crippen LogP contribution in [-0.4, -0.2) is 20.7 Å². The highest BCUT2D eigenvalue weighted by atomic mass is 32.2. The highest BCUT2D eigenvalue weighted by Crippen LogP contribution is 2.25. The fourth-order valence-electron chi connectivity index (χ4n) is 3.04. The van der Waals surface area contributed by atoms with Crippen LogP contribution in [0, 0.1) is 0 Å². The van der Waals surface area contributed by atoms with Crippen molar-refractivity contribution in [1.82, 2.24) is 9.55 Å². The first-order chi connectivity index (χ1) is 12.1. The summed E-state index contributed by atoms with van der Waals surface area (Å²) in [6, 6.07) is 7.33. The molecule has 2 N–H and O–H groups in total. The van der Waals surface area contributed by atoms with Crippen LogP contribution in [0.5, 0.6) is 0 Å². The van der Waals surface area contributed by atoms with Gasteiger partial charge >= 0.3 is 0 Å². The summed E-state index contributed by atoms with van der Waals surface area (Å²) in [7, 11) is 0. The SMILES string of the molecule is C[C@@H](Sc1nc2ccccc2c(=O)n1CCC1=CCCCC1)C(N)=O. The Kier molecular flexibility index (Phi) is 5.58. The molecule has 5 nitrogen and oxygen atoms in total. The molecule has 0 bridgehead atoms. The normalized spacial score (nSPS) is 15.8. The van der Waals surface area contributed by atoms with Gasteiger partial charge in [0.1, 0.15) is 0 Å². The average Bonchev–Trinajstić information content (AvgIpc) is 2.62. The third-order valence-electron chi connectivity index (χ3n) is 4.55. The lowest BCUT2D eigenvalue weighted by molar-refractivity contribution is -0.117. The van der Waals surface area contributed by atoms with Gasteiger partial charge in [0.15, 0.2) is 5.16 Å². The lowest BCUT2D eigenvalue weighted by atomic mass is 9.97. The van der Waals surface area contributed by atoms with Crippen LogP contribution in [0.1, 0.15) is 39.0 Å². The van der Waals surface area contributed by atoms with Crippen molar-refractivity contribution < 1.29 is 4.79 Å². The van der Waals surface area contributed by atoms with E-state index in [2.05, 4.69) is 11.1 Å². The van der Waals surface area contributed by atoms with Gasteiger partial charge in [0.2, 0.25) is 5.91 Å². The molecule has 1 aromatic carbocycles. The van der Waals surface area contributed by atoms with Crippen molar-refractivity contribution >= 4 is 28.6 Å². The van der Waals surface area contributed by atoms with E-state index in [0.29, 0.717) is 22.6 Å². The molecular weight excluding hydrogens is 334 g/mol. The van der Waals surface area contributed by atoms with Crippen LogP contribution in [0.3, 0.4) is 0 Å². The molecule has 0 unspecified atom stereocenters. The molecule has 1 heterocycles. The number of nitrogens with zero attached hydrogens (tertiary/aromatic N) is 2. The molecule has 1 aliphatic rings. The van der Waals surface area contributed by atoms with Gasteiger partial charge in [0.05, 0.1) is 16.2 Å². The van der Waals surface area contributed by atoms with E-state index in [1.807, 2.05) is 18.2 Å². The second-order valence-electron chi connectivity index (χ2n) is 6.39. The van der Waals surface area contributed by atoms with E-state index in [4.69, 9.17) is 5.73 Å². The van der Waals surface area contributed by atoms with Gasteiger partial charge in [0, 0.05) is 6.54 Å². The standard InChI is InChI=1S/C19H23N3O2S/c1-13(17(20)23)25-19-21-16-10-6-5-9-15(16)18(24)22(19)12-11-14-7-3-2-4-8-14/h5-7,9-10,13H,2-4,8,11-12H2,1H3,(H2,20,23)/t13-/m1/s1. The summed E-state index contributed by atoms with van der Waals surface area (Å²) in [6.45, 7) is 2.32. The Morgan fingerprint density at radius 2 is 2.16 bits per heavy atom. The van der Waals surface area contributed by atoms with E-state index in [-0.39, 0.29) is 5.56 Å². The van der Waals surface area contributed by atoms with Crippen molar-refractivity contribution in [3.63, 3.8) is 0 Å². The third-order valence-corrected chi connectivity index (χ3v) is 5.66. The van der Waals surface area contributed by atoms with Gasteiger partial charge in [-0.2, -0.15) is 0 Å². The summed E-state index contributed by atoms with van der Waals surface area (Å²) in [6.07, 6.45) is 7.84. The number of fused-ring (bicyclic) bond motifs is 1. The lowest BCUT2D eigenvalue weighted by Gasteiger charge is -2.17. The Morgan fingerprint density at radius 3 is 2.88 bits per heavy atom. The first-order valence-electron chi connectivity index (χ1n) is 8.69. The molecule has 1 aromatic heterocycles. The number of nitrogens with two attached hydrogens (primary N) is 1. The molecule has 0 fully saturated rings. The predicted octanol–water partition coefficient (Wildman–Crippen LogP) is 3.25. The maximum Gasteiger partial charge on any atom is 0.262 e. The summed E-state index contributed by atoms with van der Waals surface area (Å²) in [4.78, 5) is 29.0. The highest BCUT2D eigenvalue weighted by Gasteiger charge is 2.17. The third kappa shape index (κ3) is 4.12. The molecule has 0 radical (unpaired) electrons. The number of primary amides is 1. The molecule has 0 spiro atoms. The van der Waals surface area contributed by atoms with Crippen molar-refractivity contribution in [2.75, 3.05) is 0 Å². The molecule has 25 heavy (non-hydrogen) atoms. The topological polar surface area (TPSA) is 78.0 Å². The molecule has 132 valence electrons. The van der Waals surface area contributed by atoms with Gasteiger partial charge in [0.25, 0.3) is 5.56 Å². The monoisotopic (exact) mass is 357 g/mol. The number of allylic oxidation sites excluding steroid dienone is 2. The van der Waals surface area contributed by atoms with Gasteiger partial charge in [-0.25, -0.2) is 4.98 Å². The van der Waals surface area contributed by atoms with Crippen LogP contribution in [0.2, 0.25) is 0 Å². The number of para-hydroxylation sites is 1. The molecule has 3 rings (SSSR count). The molecule has 0 saturated heterocycles. The zero-order valence-electron chi connectivity index (χ0n) is 14.4. The molecule has 0 saturated carbocycles. The fourth-order valence-corrected chi connectivity index (χ4v) is 3.92. The van der Waals surface area contributed by atoms with Gasteiger partial charge in [-0.1, -0.05) is 35.5 Å². The number of thioether (sulfide) groups is 1. The zero-order chi connectivity index (χ0) is 17.8. The number of rotatable bonds is 6. The Labute approximate surface area is 151 Å². The summed E-state index contributed by atoms with van der Waals surface area (Å²) < 4.78 is 1.70. The number of amides is 1. The summed E-state index contributed by atoms with van der Waals surface area (Å²) in [5, 5.41) is 0.732. The lowest BCUT2D eigenvalue weighted by Crippen LogP contribution is -2.27. The molecule has 1 aliphatic carbocycles. The first-order valence-corrected chi connectivity index (χ1v) is 9.57. The van der Waals surface area contributed by atoms with Crippen molar-refractivity contribution in [1.29, 1.82) is 0 Å². The van der Waals surface area contributed by atoms with Gasteiger partial charge < -0.3 is 5.73 Å². The quantitative estimate of drug-likeness (QED) is 0.489. The Morgan fingerprint density at radius 1 is 1.36 bits per heavy atom. The van der Waals surface area contributed by atoms with Crippen LogP contribution < -0.4 is 11.3 Å². The molecule has 2 aromatic rings. The van der Waals surface area contributed by atoms with E-state index in [1.165, 1.54) is 30.2 Å². The minimum Gasteiger partial charge on any atom is -0.369 e. The van der Waals surface area contributed by atoms with Crippen molar-refractivity contribution in [2.45, 2.75) is 56.0 Å². The Hall–Kier alpha value is -2.08. The molecule has 0 aliphatic heterocycles. The predicted molar refractivity (Wildman–Crippen MR) is 102 cm³/mol. The van der Waals surface area contributed by atoms with E-state index < -0.39 is 11.2 Å². The molecule has 1 amide bonds. The van der Waals surface area contributed by atoms with Gasteiger partial charge in [-0.05, 0) is 51.2 Å². The van der Waals surface area contributed by atoms with Gasteiger partial charge in [-0.15, -0.1) is 0 Å². The van der Waals surface area contributed by atoms with Crippen molar-refractivity contribution in [3.05, 3.63) is 46.3 Å². The second kappa shape index (κ2) is 7.87. The number of carbonyl (C=O) groups is 1. The smallest absolute Gasteiger partial charge is 0.262 e. The molecule has 1 atom stereocenters. The maximum absolute atomic E-state index is 12.9. The first kappa shape index (κ1) is 17.7. The summed E-state index contributed by atoms with van der Waals surface area (Å²) in [5.74, 6) is -0.408. The molecular formula is C19H23N3O2S. The summed E-state index contributed by atoms with van der Waals surface area (Å²) in [5.41, 5.74) is 7.40. The minimum absolute atomic E-state index is 0.0545. The number of hydrogen-bond acceptors (Lipinski definition) is 4. The maximum atomic E-state index is 12.9. The van der Waals surface area contributed by atoms with E-state index >= 15 is 0 Å². The van der Waals surface area contributed by atoms with E-state index in [0.717, 1.165) is 19.3 Å². The Balaban J connectivity index is 1.97. The average molecular weight is 357 g/mol. The van der Waals surface area contributed by atoms with Gasteiger partial charge in [-0.3, -0.25) is 14.2 Å². The summed E-state index contributed by atoms with van der Waals surface area (Å²) >= 11 is 1.25. The largest absolute Gasteiger partial charge is 0.369 e. The number of hydrogen-bond donors (Lipinski definition) is 1. The molecule has 6 heteroatoms.